The normalized spacial score (nSPS) is 9.93. The Morgan fingerprint density at radius 2 is 2.33 bits per heavy atom. The number of hydrogen-bond donors (Lipinski definition) is 1. The van der Waals surface area contributed by atoms with Crippen molar-refractivity contribution in [2.45, 2.75) is 0 Å². The van der Waals surface area contributed by atoms with Gasteiger partial charge in [-0.05, 0) is 28.1 Å². The summed E-state index contributed by atoms with van der Waals surface area (Å²) in [5.41, 5.74) is 2.74. The van der Waals surface area contributed by atoms with Crippen LogP contribution in [0.4, 0.5) is 5.69 Å². The third-order valence-electron chi connectivity index (χ3n) is 1.65. The van der Waals surface area contributed by atoms with Crippen LogP contribution in [0.3, 0.4) is 0 Å². The van der Waals surface area contributed by atoms with Crippen molar-refractivity contribution in [2.75, 3.05) is 5.32 Å². The molecular weight excluding hydrogens is 278 g/mol. The van der Waals surface area contributed by atoms with Crippen molar-refractivity contribution < 1.29 is 4.79 Å². The molecule has 15 heavy (non-hydrogen) atoms. The Balaban J connectivity index is 2.13. The van der Waals surface area contributed by atoms with Crippen molar-refractivity contribution >= 4 is 38.9 Å². The van der Waals surface area contributed by atoms with Gasteiger partial charge in [0.1, 0.15) is 10.3 Å². The van der Waals surface area contributed by atoms with Crippen LogP contribution in [0.2, 0.25) is 0 Å². The molecule has 1 N–H and O–H groups in total. The third kappa shape index (κ3) is 2.60. The van der Waals surface area contributed by atoms with Crippen LogP contribution >= 0.6 is 27.3 Å². The summed E-state index contributed by atoms with van der Waals surface area (Å²) in [6, 6.07) is 3.44. The number of aromatic nitrogens is 2. The second-order valence-electron chi connectivity index (χ2n) is 2.70. The monoisotopic (exact) mass is 283 g/mol. The molecule has 76 valence electrons. The summed E-state index contributed by atoms with van der Waals surface area (Å²) >= 11 is 4.61. The maximum absolute atomic E-state index is 11.6. The molecule has 2 aromatic heterocycles. The van der Waals surface area contributed by atoms with Gasteiger partial charge < -0.3 is 5.32 Å². The maximum atomic E-state index is 11.6. The summed E-state index contributed by atoms with van der Waals surface area (Å²) in [5, 5.41) is 4.42. The Kier molecular flexibility index (Phi) is 3.08. The summed E-state index contributed by atoms with van der Waals surface area (Å²) in [5.74, 6) is -0.214. The van der Waals surface area contributed by atoms with Crippen LogP contribution in [-0.4, -0.2) is 15.9 Å². The number of thiazole rings is 1. The van der Waals surface area contributed by atoms with Gasteiger partial charge in [-0.2, -0.15) is 0 Å². The van der Waals surface area contributed by atoms with E-state index in [9.17, 15) is 4.79 Å². The molecule has 2 heterocycles. The molecule has 6 heteroatoms. The average Bonchev–Trinajstić information content (AvgIpc) is 2.70. The zero-order valence-corrected chi connectivity index (χ0v) is 9.88. The topological polar surface area (TPSA) is 54.9 Å². The number of hydrogen-bond acceptors (Lipinski definition) is 4. The number of carbonyl (C=O) groups excluding carboxylic acids is 1. The number of pyridine rings is 1. The van der Waals surface area contributed by atoms with Crippen LogP contribution in [0.25, 0.3) is 0 Å². The lowest BCUT2D eigenvalue weighted by Gasteiger charge is -2.02. The first-order valence-electron chi connectivity index (χ1n) is 4.07. The Bertz CT molecular complexity index is 472. The van der Waals surface area contributed by atoms with Gasteiger partial charge in [-0.1, -0.05) is 0 Å². The van der Waals surface area contributed by atoms with Crippen molar-refractivity contribution in [3.8, 4) is 0 Å². The van der Waals surface area contributed by atoms with Crippen LogP contribution in [-0.2, 0) is 0 Å². The summed E-state index contributed by atoms with van der Waals surface area (Å²) in [6.45, 7) is 0. The molecule has 2 rings (SSSR count). The Labute approximate surface area is 98.5 Å². The second kappa shape index (κ2) is 4.50. The van der Waals surface area contributed by atoms with E-state index in [-0.39, 0.29) is 5.91 Å². The Hall–Kier alpha value is -1.27. The SMILES string of the molecule is O=C(Nc1ccnc(Br)c1)c1cscn1. The number of anilines is 1. The minimum atomic E-state index is -0.214. The van der Waals surface area contributed by atoms with Gasteiger partial charge in [-0.15, -0.1) is 11.3 Å². The van der Waals surface area contributed by atoms with Gasteiger partial charge >= 0.3 is 0 Å². The molecule has 0 atom stereocenters. The van der Waals surface area contributed by atoms with Gasteiger partial charge in [-0.3, -0.25) is 4.79 Å². The fourth-order valence-corrected chi connectivity index (χ4v) is 1.90. The Morgan fingerprint density at radius 3 is 3.00 bits per heavy atom. The van der Waals surface area contributed by atoms with E-state index in [1.54, 1.807) is 29.2 Å². The smallest absolute Gasteiger partial charge is 0.275 e. The molecule has 0 aliphatic carbocycles. The molecule has 4 nitrogen and oxygen atoms in total. The van der Waals surface area contributed by atoms with Crippen LogP contribution in [0.5, 0.6) is 0 Å². The predicted molar refractivity (Wildman–Crippen MR) is 62.0 cm³/mol. The van der Waals surface area contributed by atoms with Gasteiger partial charge in [0.2, 0.25) is 0 Å². The standard InChI is InChI=1S/C9H6BrN3OS/c10-8-3-6(1-2-11-8)13-9(14)7-4-15-5-12-7/h1-5H,(H,11,13,14). The molecule has 0 radical (unpaired) electrons. The van der Waals surface area contributed by atoms with E-state index in [0.717, 1.165) is 0 Å². The highest BCUT2D eigenvalue weighted by Crippen LogP contribution is 2.13. The number of halogens is 1. The third-order valence-corrected chi connectivity index (χ3v) is 2.67. The minimum absolute atomic E-state index is 0.214. The first kappa shape index (κ1) is 10.3. The summed E-state index contributed by atoms with van der Waals surface area (Å²) in [4.78, 5) is 19.5. The molecule has 0 saturated heterocycles. The fourth-order valence-electron chi connectivity index (χ4n) is 1.00. The van der Waals surface area contributed by atoms with Crippen molar-refractivity contribution in [1.82, 2.24) is 9.97 Å². The Morgan fingerprint density at radius 1 is 1.47 bits per heavy atom. The molecule has 1 amide bonds. The van der Waals surface area contributed by atoms with Crippen molar-refractivity contribution in [1.29, 1.82) is 0 Å². The highest BCUT2D eigenvalue weighted by molar-refractivity contribution is 9.10. The zero-order chi connectivity index (χ0) is 10.7. The first-order valence-corrected chi connectivity index (χ1v) is 5.80. The minimum Gasteiger partial charge on any atom is -0.320 e. The largest absolute Gasteiger partial charge is 0.320 e. The van der Waals surface area contributed by atoms with E-state index < -0.39 is 0 Å². The summed E-state index contributed by atoms with van der Waals surface area (Å²) in [6.07, 6.45) is 1.61. The van der Waals surface area contributed by atoms with Crippen LogP contribution in [0.15, 0.2) is 33.8 Å². The molecule has 0 aliphatic heterocycles. The molecule has 0 fully saturated rings. The highest BCUT2D eigenvalue weighted by atomic mass is 79.9. The first-order chi connectivity index (χ1) is 7.25. The van der Waals surface area contributed by atoms with Crippen LogP contribution in [0.1, 0.15) is 10.5 Å². The predicted octanol–water partition coefficient (Wildman–Crippen LogP) is 2.55. The maximum Gasteiger partial charge on any atom is 0.275 e. The number of nitrogens with one attached hydrogen (secondary N) is 1. The van der Waals surface area contributed by atoms with E-state index in [1.165, 1.54) is 11.3 Å². The van der Waals surface area contributed by atoms with E-state index >= 15 is 0 Å². The number of nitrogens with zero attached hydrogens (tertiary/aromatic N) is 2. The molecule has 0 aromatic carbocycles. The molecule has 0 unspecified atom stereocenters. The van der Waals surface area contributed by atoms with Gasteiger partial charge in [-0.25, -0.2) is 9.97 Å². The van der Waals surface area contributed by atoms with Gasteiger partial charge in [0, 0.05) is 17.3 Å². The lowest BCUT2D eigenvalue weighted by Crippen LogP contribution is -2.12. The van der Waals surface area contributed by atoms with Gasteiger partial charge in [0.15, 0.2) is 0 Å². The lowest BCUT2D eigenvalue weighted by atomic mass is 10.4. The summed E-state index contributed by atoms with van der Waals surface area (Å²) < 4.78 is 0.679. The molecule has 0 aliphatic rings. The second-order valence-corrected chi connectivity index (χ2v) is 4.23. The van der Waals surface area contributed by atoms with Gasteiger partial charge in [0.25, 0.3) is 5.91 Å². The van der Waals surface area contributed by atoms with Crippen molar-refractivity contribution in [3.63, 3.8) is 0 Å². The molecule has 0 saturated carbocycles. The average molecular weight is 284 g/mol. The van der Waals surface area contributed by atoms with E-state index in [4.69, 9.17) is 0 Å². The van der Waals surface area contributed by atoms with Crippen molar-refractivity contribution in [2.24, 2.45) is 0 Å². The van der Waals surface area contributed by atoms with Crippen LogP contribution < -0.4 is 5.32 Å². The highest BCUT2D eigenvalue weighted by Gasteiger charge is 2.07. The fraction of sp³-hybridized carbons (Fsp3) is 0. The van der Waals surface area contributed by atoms with E-state index in [2.05, 4.69) is 31.2 Å². The van der Waals surface area contributed by atoms with E-state index in [1.807, 2.05) is 0 Å². The molecule has 0 bridgehead atoms. The number of carbonyl (C=O) groups is 1. The number of rotatable bonds is 2. The molecule has 2 aromatic rings. The molecular formula is C9H6BrN3OS. The summed E-state index contributed by atoms with van der Waals surface area (Å²) in [7, 11) is 0. The van der Waals surface area contributed by atoms with E-state index in [0.29, 0.717) is 16.0 Å². The molecule has 0 spiro atoms. The quantitative estimate of drug-likeness (QED) is 0.862. The zero-order valence-electron chi connectivity index (χ0n) is 7.48. The van der Waals surface area contributed by atoms with Crippen molar-refractivity contribution in [3.05, 3.63) is 39.5 Å². The van der Waals surface area contributed by atoms with Gasteiger partial charge in [0.05, 0.1) is 5.51 Å². The van der Waals surface area contributed by atoms with Crippen LogP contribution in [0, 0.1) is 0 Å². The number of amides is 1. The lowest BCUT2D eigenvalue weighted by molar-refractivity contribution is 0.102.